The van der Waals surface area contributed by atoms with Gasteiger partial charge in [0.15, 0.2) is 0 Å². The van der Waals surface area contributed by atoms with E-state index in [1.54, 1.807) is 0 Å². The average Bonchev–Trinajstić information content (AvgIpc) is 2.25. The van der Waals surface area contributed by atoms with E-state index in [4.69, 9.17) is 9.47 Å². The highest BCUT2D eigenvalue weighted by atomic mass is 16.5. The van der Waals surface area contributed by atoms with Crippen LogP contribution in [0.2, 0.25) is 0 Å². The summed E-state index contributed by atoms with van der Waals surface area (Å²) in [7, 11) is 0. The lowest BCUT2D eigenvalue weighted by molar-refractivity contribution is -0.127. The van der Waals surface area contributed by atoms with E-state index in [1.807, 2.05) is 27.7 Å². The van der Waals surface area contributed by atoms with Crippen LogP contribution in [0.5, 0.6) is 0 Å². The summed E-state index contributed by atoms with van der Waals surface area (Å²) in [6, 6.07) is 0. The maximum absolute atomic E-state index is 11.4. The van der Waals surface area contributed by atoms with Crippen LogP contribution in [0.25, 0.3) is 0 Å². The summed E-state index contributed by atoms with van der Waals surface area (Å²) in [6.07, 6.45) is 0.919. The molecule has 0 bridgehead atoms. The van der Waals surface area contributed by atoms with Crippen molar-refractivity contribution in [3.63, 3.8) is 0 Å². The van der Waals surface area contributed by atoms with Gasteiger partial charge in [0.2, 0.25) is 5.91 Å². The van der Waals surface area contributed by atoms with Gasteiger partial charge in [0.1, 0.15) is 12.4 Å². The number of carbonyl (C=O) groups excluding carboxylic acids is 2. The molecule has 0 fully saturated rings. The van der Waals surface area contributed by atoms with Gasteiger partial charge in [0.05, 0.1) is 18.8 Å². The Balaban J connectivity index is 3.47. The van der Waals surface area contributed by atoms with Crippen molar-refractivity contribution in [3.8, 4) is 0 Å². The number of carbonyl (C=O) groups is 2. The van der Waals surface area contributed by atoms with Gasteiger partial charge >= 0.3 is 0 Å². The fraction of sp³-hybridized carbons (Fsp3) is 0.846. The molecule has 0 radical (unpaired) electrons. The van der Waals surface area contributed by atoms with Crippen LogP contribution in [0.1, 0.15) is 40.5 Å². The van der Waals surface area contributed by atoms with Gasteiger partial charge in [-0.3, -0.25) is 9.59 Å². The van der Waals surface area contributed by atoms with Gasteiger partial charge in [-0.2, -0.15) is 0 Å². The molecule has 18 heavy (non-hydrogen) atoms. The average molecular weight is 259 g/mol. The number of amides is 1. The molecule has 0 rings (SSSR count). The molecule has 0 aromatic rings. The second-order valence-corrected chi connectivity index (χ2v) is 4.67. The van der Waals surface area contributed by atoms with E-state index >= 15 is 0 Å². The predicted octanol–water partition coefficient (Wildman–Crippen LogP) is 1.30. The summed E-state index contributed by atoms with van der Waals surface area (Å²) < 4.78 is 10.4. The number of hydrogen-bond donors (Lipinski definition) is 1. The normalized spacial score (nSPS) is 11.0. The highest BCUT2D eigenvalue weighted by Crippen LogP contribution is 1.94. The zero-order valence-electron chi connectivity index (χ0n) is 11.8. The van der Waals surface area contributed by atoms with Gasteiger partial charge in [0.25, 0.3) is 0 Å². The number of ether oxygens (including phenoxy) is 2. The van der Waals surface area contributed by atoms with Gasteiger partial charge in [-0.1, -0.05) is 0 Å². The quantitative estimate of drug-likeness (QED) is 0.642. The lowest BCUT2D eigenvalue weighted by Gasteiger charge is -2.08. The van der Waals surface area contributed by atoms with Crippen molar-refractivity contribution < 1.29 is 19.1 Å². The number of rotatable bonds is 10. The van der Waals surface area contributed by atoms with Crippen LogP contribution in [0.3, 0.4) is 0 Å². The maximum Gasteiger partial charge on any atom is 0.246 e. The molecule has 106 valence electrons. The van der Waals surface area contributed by atoms with Gasteiger partial charge < -0.3 is 14.8 Å². The van der Waals surface area contributed by atoms with Crippen LogP contribution in [0.15, 0.2) is 0 Å². The monoisotopic (exact) mass is 259 g/mol. The van der Waals surface area contributed by atoms with Crippen LogP contribution < -0.4 is 5.32 Å². The Morgan fingerprint density at radius 1 is 1.00 bits per heavy atom. The first-order valence-corrected chi connectivity index (χ1v) is 6.43. The summed E-state index contributed by atoms with van der Waals surface area (Å²) in [5.41, 5.74) is 0. The fourth-order valence-corrected chi connectivity index (χ4v) is 1.17. The van der Waals surface area contributed by atoms with E-state index in [2.05, 4.69) is 5.32 Å². The lowest BCUT2D eigenvalue weighted by atomic mass is 10.2. The summed E-state index contributed by atoms with van der Waals surface area (Å²) in [4.78, 5) is 22.7. The molecule has 0 aliphatic carbocycles. The zero-order chi connectivity index (χ0) is 14.0. The van der Waals surface area contributed by atoms with Crippen molar-refractivity contribution in [2.45, 2.75) is 52.7 Å². The van der Waals surface area contributed by atoms with E-state index in [0.717, 1.165) is 0 Å². The van der Waals surface area contributed by atoms with Crippen LogP contribution in [0.4, 0.5) is 0 Å². The van der Waals surface area contributed by atoms with Crippen LogP contribution in [0, 0.1) is 0 Å². The third kappa shape index (κ3) is 11.5. The van der Waals surface area contributed by atoms with E-state index in [1.165, 1.54) is 0 Å². The second kappa shape index (κ2) is 10.0. The minimum atomic E-state index is -0.185. The topological polar surface area (TPSA) is 64.6 Å². The van der Waals surface area contributed by atoms with E-state index in [9.17, 15) is 9.59 Å². The van der Waals surface area contributed by atoms with Crippen molar-refractivity contribution in [3.05, 3.63) is 0 Å². The van der Waals surface area contributed by atoms with Crippen LogP contribution >= 0.6 is 0 Å². The van der Waals surface area contributed by atoms with E-state index < -0.39 is 0 Å². The molecule has 0 saturated carbocycles. The molecule has 0 aliphatic rings. The minimum Gasteiger partial charge on any atom is -0.378 e. The third-order valence-corrected chi connectivity index (χ3v) is 2.11. The molecule has 1 N–H and O–H groups in total. The maximum atomic E-state index is 11.4. The Bertz CT molecular complexity index is 251. The zero-order valence-corrected chi connectivity index (χ0v) is 11.8. The molecular formula is C13H25NO4. The third-order valence-electron chi connectivity index (χ3n) is 2.11. The highest BCUT2D eigenvalue weighted by molar-refractivity contribution is 5.80. The number of nitrogens with one attached hydrogen (secondary N) is 1. The molecular weight excluding hydrogens is 234 g/mol. The van der Waals surface area contributed by atoms with Crippen LogP contribution in [-0.2, 0) is 19.1 Å². The first kappa shape index (κ1) is 17.1. The Morgan fingerprint density at radius 2 is 1.61 bits per heavy atom. The Hall–Kier alpha value is -0.940. The smallest absolute Gasteiger partial charge is 0.246 e. The SMILES string of the molecule is CC(C)OCCC(=O)CCNC(=O)COC(C)C. The molecule has 0 saturated heterocycles. The van der Waals surface area contributed by atoms with Crippen molar-refractivity contribution in [2.24, 2.45) is 0 Å². The van der Waals surface area contributed by atoms with Crippen molar-refractivity contribution >= 4 is 11.7 Å². The largest absolute Gasteiger partial charge is 0.378 e. The number of hydrogen-bond acceptors (Lipinski definition) is 4. The molecule has 0 atom stereocenters. The molecule has 1 amide bonds. The predicted molar refractivity (Wildman–Crippen MR) is 69.4 cm³/mol. The molecule has 0 unspecified atom stereocenters. The lowest BCUT2D eigenvalue weighted by Crippen LogP contribution is -2.30. The molecule has 0 heterocycles. The van der Waals surface area contributed by atoms with Gasteiger partial charge in [-0.05, 0) is 27.7 Å². The first-order valence-electron chi connectivity index (χ1n) is 6.43. The van der Waals surface area contributed by atoms with E-state index in [-0.39, 0.29) is 30.5 Å². The van der Waals surface area contributed by atoms with E-state index in [0.29, 0.717) is 26.0 Å². The van der Waals surface area contributed by atoms with Gasteiger partial charge in [-0.25, -0.2) is 0 Å². The Labute approximate surface area is 109 Å². The summed E-state index contributed by atoms with van der Waals surface area (Å²) in [6.45, 7) is 8.44. The van der Waals surface area contributed by atoms with Crippen LogP contribution in [-0.4, -0.2) is 43.7 Å². The Kier molecular flexibility index (Phi) is 9.50. The van der Waals surface area contributed by atoms with Crippen molar-refractivity contribution in [1.82, 2.24) is 5.32 Å². The second-order valence-electron chi connectivity index (χ2n) is 4.67. The van der Waals surface area contributed by atoms with Crippen molar-refractivity contribution in [1.29, 1.82) is 0 Å². The summed E-state index contributed by atoms with van der Waals surface area (Å²) in [5, 5.41) is 2.64. The standard InChI is InChI=1S/C13H25NO4/c1-10(2)17-8-6-12(15)5-7-14-13(16)9-18-11(3)4/h10-11H,5-9H2,1-4H3,(H,14,16). The highest BCUT2D eigenvalue weighted by Gasteiger charge is 2.06. The fourth-order valence-electron chi connectivity index (χ4n) is 1.17. The molecule has 5 heteroatoms. The first-order chi connectivity index (χ1) is 8.41. The molecule has 0 spiro atoms. The summed E-state index contributed by atoms with van der Waals surface area (Å²) >= 11 is 0. The molecule has 0 aliphatic heterocycles. The van der Waals surface area contributed by atoms with Gasteiger partial charge in [0, 0.05) is 19.4 Å². The number of ketones is 1. The Morgan fingerprint density at radius 3 is 2.17 bits per heavy atom. The van der Waals surface area contributed by atoms with Gasteiger partial charge in [-0.15, -0.1) is 0 Å². The molecule has 0 aromatic carbocycles. The minimum absolute atomic E-state index is 0.0329. The molecule has 5 nitrogen and oxygen atoms in total. The molecule has 0 aromatic heterocycles. The number of Topliss-reactive ketones (excluding diaryl/α,β-unsaturated/α-hetero) is 1. The summed E-state index contributed by atoms with van der Waals surface area (Å²) in [5.74, 6) is -0.0874. The van der Waals surface area contributed by atoms with Crippen molar-refractivity contribution in [2.75, 3.05) is 19.8 Å².